The second-order valence-electron chi connectivity index (χ2n) is 8.14. The fraction of sp³-hybridized carbons (Fsp3) is 0.318. The van der Waals surface area contributed by atoms with Crippen molar-refractivity contribution >= 4 is 17.5 Å². The summed E-state index contributed by atoms with van der Waals surface area (Å²) in [5.41, 5.74) is 4.12. The number of aromatic nitrogens is 4. The Bertz CT molecular complexity index is 1020. The van der Waals surface area contributed by atoms with E-state index < -0.39 is 0 Å². The molecule has 1 heterocycles. The number of carbonyl (C=O) groups excluding carboxylic acids is 2. The number of carbonyl (C=O) groups is 2. The number of nitrogens with zero attached hydrogens (tertiary/aromatic N) is 4. The minimum Gasteiger partial charge on any atom is -0.352 e. The summed E-state index contributed by atoms with van der Waals surface area (Å²) in [4.78, 5) is 24.6. The van der Waals surface area contributed by atoms with Crippen LogP contribution in [0.15, 0.2) is 48.8 Å². The fourth-order valence-corrected chi connectivity index (χ4v) is 2.89. The summed E-state index contributed by atoms with van der Waals surface area (Å²) in [6, 6.07) is 13.1. The van der Waals surface area contributed by atoms with E-state index in [1.807, 2.05) is 43.3 Å². The minimum atomic E-state index is -0.194. The van der Waals surface area contributed by atoms with Crippen molar-refractivity contribution in [3.8, 4) is 5.69 Å². The number of tetrazole rings is 1. The molecule has 0 aliphatic heterocycles. The predicted molar refractivity (Wildman–Crippen MR) is 115 cm³/mol. The number of aryl methyl sites for hydroxylation is 1. The van der Waals surface area contributed by atoms with Crippen LogP contribution in [0.25, 0.3) is 5.69 Å². The van der Waals surface area contributed by atoms with Crippen LogP contribution in [0.5, 0.6) is 0 Å². The molecular formula is C22H26N6O2. The Morgan fingerprint density at radius 2 is 1.80 bits per heavy atom. The molecule has 1 aromatic heterocycles. The van der Waals surface area contributed by atoms with Gasteiger partial charge in [0.1, 0.15) is 6.33 Å². The first-order valence-electron chi connectivity index (χ1n) is 9.76. The van der Waals surface area contributed by atoms with Gasteiger partial charge in [-0.05, 0) is 58.2 Å². The Morgan fingerprint density at radius 1 is 1.07 bits per heavy atom. The first kappa shape index (κ1) is 21.2. The van der Waals surface area contributed by atoms with Crippen LogP contribution in [-0.4, -0.2) is 38.6 Å². The predicted octanol–water partition coefficient (Wildman–Crippen LogP) is 3.03. The number of rotatable bonds is 6. The molecule has 2 N–H and O–H groups in total. The lowest BCUT2D eigenvalue weighted by Gasteiger charge is -2.19. The van der Waals surface area contributed by atoms with Gasteiger partial charge in [0.15, 0.2) is 0 Å². The molecule has 156 valence electrons. The van der Waals surface area contributed by atoms with Gasteiger partial charge >= 0.3 is 0 Å². The normalized spacial score (nSPS) is 11.2. The van der Waals surface area contributed by atoms with E-state index in [0.29, 0.717) is 11.3 Å². The van der Waals surface area contributed by atoms with E-state index >= 15 is 0 Å². The van der Waals surface area contributed by atoms with Gasteiger partial charge in [0.2, 0.25) is 5.91 Å². The highest BCUT2D eigenvalue weighted by atomic mass is 16.2. The van der Waals surface area contributed by atoms with Gasteiger partial charge in [0.05, 0.1) is 5.69 Å². The Labute approximate surface area is 175 Å². The third-order valence-corrected chi connectivity index (χ3v) is 4.76. The summed E-state index contributed by atoms with van der Waals surface area (Å²) in [7, 11) is 0. The SMILES string of the molecule is Cc1ccc(-n2cnnn2)cc1NC(=O)CCNC(=O)c1ccc(C(C)(C)C)cc1. The summed E-state index contributed by atoms with van der Waals surface area (Å²) >= 11 is 0. The minimum absolute atomic E-state index is 0.0347. The zero-order valence-electron chi connectivity index (χ0n) is 17.6. The van der Waals surface area contributed by atoms with Gasteiger partial charge in [-0.15, -0.1) is 5.10 Å². The molecule has 0 radical (unpaired) electrons. The van der Waals surface area contributed by atoms with E-state index in [1.54, 1.807) is 6.07 Å². The third kappa shape index (κ3) is 5.28. The van der Waals surface area contributed by atoms with Crippen LogP contribution in [0.1, 0.15) is 48.7 Å². The number of hydrogen-bond acceptors (Lipinski definition) is 5. The summed E-state index contributed by atoms with van der Waals surface area (Å²) in [5, 5.41) is 16.7. The third-order valence-electron chi connectivity index (χ3n) is 4.76. The first-order chi connectivity index (χ1) is 14.2. The van der Waals surface area contributed by atoms with Gasteiger partial charge in [-0.2, -0.15) is 0 Å². The lowest BCUT2D eigenvalue weighted by Crippen LogP contribution is -2.27. The maximum absolute atomic E-state index is 12.3. The molecule has 3 aromatic rings. The van der Waals surface area contributed by atoms with Crippen LogP contribution in [0.2, 0.25) is 0 Å². The molecule has 0 fully saturated rings. The molecule has 0 aliphatic rings. The second-order valence-corrected chi connectivity index (χ2v) is 8.14. The van der Waals surface area contributed by atoms with E-state index in [1.165, 1.54) is 11.0 Å². The van der Waals surface area contributed by atoms with Crippen LogP contribution in [0.4, 0.5) is 5.69 Å². The van der Waals surface area contributed by atoms with Crippen LogP contribution in [0, 0.1) is 6.92 Å². The Balaban J connectivity index is 1.53. The van der Waals surface area contributed by atoms with Crippen molar-refractivity contribution in [1.82, 2.24) is 25.5 Å². The van der Waals surface area contributed by atoms with E-state index in [9.17, 15) is 9.59 Å². The highest BCUT2D eigenvalue weighted by molar-refractivity contribution is 5.95. The highest BCUT2D eigenvalue weighted by Crippen LogP contribution is 2.22. The van der Waals surface area contributed by atoms with Crippen molar-refractivity contribution in [2.45, 2.75) is 39.5 Å². The molecule has 30 heavy (non-hydrogen) atoms. The highest BCUT2D eigenvalue weighted by Gasteiger charge is 2.14. The largest absolute Gasteiger partial charge is 0.352 e. The van der Waals surface area contributed by atoms with Crippen molar-refractivity contribution < 1.29 is 9.59 Å². The number of amides is 2. The van der Waals surface area contributed by atoms with Crippen molar-refractivity contribution in [3.63, 3.8) is 0 Å². The molecule has 8 heteroatoms. The van der Waals surface area contributed by atoms with Crippen molar-refractivity contribution in [2.75, 3.05) is 11.9 Å². The molecule has 0 saturated heterocycles. The average molecular weight is 406 g/mol. The Hall–Kier alpha value is -3.55. The summed E-state index contributed by atoms with van der Waals surface area (Å²) in [5.74, 6) is -0.379. The van der Waals surface area contributed by atoms with Crippen LogP contribution < -0.4 is 10.6 Å². The molecule has 0 saturated carbocycles. The van der Waals surface area contributed by atoms with Gasteiger partial charge < -0.3 is 10.6 Å². The smallest absolute Gasteiger partial charge is 0.251 e. The number of benzene rings is 2. The quantitative estimate of drug-likeness (QED) is 0.655. The van der Waals surface area contributed by atoms with Crippen LogP contribution >= 0.6 is 0 Å². The number of nitrogens with one attached hydrogen (secondary N) is 2. The molecule has 3 rings (SSSR count). The van der Waals surface area contributed by atoms with Gasteiger partial charge in [-0.3, -0.25) is 9.59 Å². The topological polar surface area (TPSA) is 102 Å². The summed E-state index contributed by atoms with van der Waals surface area (Å²) in [6.45, 7) is 8.53. The first-order valence-corrected chi connectivity index (χ1v) is 9.76. The molecule has 8 nitrogen and oxygen atoms in total. The molecule has 0 unspecified atom stereocenters. The molecule has 0 bridgehead atoms. The number of hydrogen-bond donors (Lipinski definition) is 2. The lowest BCUT2D eigenvalue weighted by molar-refractivity contribution is -0.116. The van der Waals surface area contributed by atoms with Gasteiger partial charge in [0, 0.05) is 24.2 Å². The Kier molecular flexibility index (Phi) is 6.25. The molecule has 0 spiro atoms. The van der Waals surface area contributed by atoms with E-state index in [0.717, 1.165) is 16.8 Å². The van der Waals surface area contributed by atoms with Crippen molar-refractivity contribution in [2.24, 2.45) is 0 Å². The van der Waals surface area contributed by atoms with Gasteiger partial charge in [0.25, 0.3) is 5.91 Å². The molecule has 2 aromatic carbocycles. The monoisotopic (exact) mass is 406 g/mol. The van der Waals surface area contributed by atoms with Gasteiger partial charge in [-0.25, -0.2) is 4.68 Å². The fourth-order valence-electron chi connectivity index (χ4n) is 2.89. The number of anilines is 1. The zero-order chi connectivity index (χ0) is 21.7. The van der Waals surface area contributed by atoms with E-state index in [4.69, 9.17) is 0 Å². The van der Waals surface area contributed by atoms with E-state index in [2.05, 4.69) is 46.9 Å². The van der Waals surface area contributed by atoms with Crippen LogP contribution in [0.3, 0.4) is 0 Å². The molecule has 2 amide bonds. The zero-order valence-corrected chi connectivity index (χ0v) is 17.6. The van der Waals surface area contributed by atoms with E-state index in [-0.39, 0.29) is 30.2 Å². The average Bonchev–Trinajstić information content (AvgIpc) is 3.24. The maximum atomic E-state index is 12.3. The lowest BCUT2D eigenvalue weighted by atomic mass is 9.87. The van der Waals surface area contributed by atoms with Gasteiger partial charge in [-0.1, -0.05) is 39.0 Å². The van der Waals surface area contributed by atoms with Crippen LogP contribution in [-0.2, 0) is 10.2 Å². The van der Waals surface area contributed by atoms with Crippen molar-refractivity contribution in [1.29, 1.82) is 0 Å². The summed E-state index contributed by atoms with van der Waals surface area (Å²) in [6.07, 6.45) is 1.65. The molecule has 0 aliphatic carbocycles. The summed E-state index contributed by atoms with van der Waals surface area (Å²) < 4.78 is 1.51. The second kappa shape index (κ2) is 8.86. The molecule has 0 atom stereocenters. The van der Waals surface area contributed by atoms with Crippen molar-refractivity contribution in [3.05, 3.63) is 65.5 Å². The maximum Gasteiger partial charge on any atom is 0.251 e. The Morgan fingerprint density at radius 3 is 2.43 bits per heavy atom. The standard InChI is InChI=1S/C22H26N6O2/c1-15-5-10-18(28-14-24-26-27-28)13-19(15)25-20(29)11-12-23-21(30)16-6-8-17(9-7-16)22(2,3)4/h5-10,13-14H,11-12H2,1-4H3,(H,23,30)(H,25,29). The molecular weight excluding hydrogens is 380 g/mol.